The first kappa shape index (κ1) is 15.3. The molecule has 6 nitrogen and oxygen atoms in total. The van der Waals surface area contributed by atoms with Gasteiger partial charge < -0.3 is 20.1 Å². The Morgan fingerprint density at radius 1 is 1.32 bits per heavy atom. The first-order valence-electron chi connectivity index (χ1n) is 7.82. The van der Waals surface area contributed by atoms with E-state index in [-0.39, 0.29) is 11.9 Å². The van der Waals surface area contributed by atoms with Crippen LogP contribution < -0.4 is 5.32 Å². The van der Waals surface area contributed by atoms with Crippen LogP contribution in [0.2, 0.25) is 0 Å². The Kier molecular flexibility index (Phi) is 4.92. The van der Waals surface area contributed by atoms with Gasteiger partial charge in [-0.15, -0.1) is 0 Å². The Balaban J connectivity index is 1.48. The third kappa shape index (κ3) is 3.76. The van der Waals surface area contributed by atoms with E-state index in [1.165, 1.54) is 0 Å². The second kappa shape index (κ2) is 7.09. The topological polar surface area (TPSA) is 65.0 Å². The lowest BCUT2D eigenvalue weighted by molar-refractivity contribution is -0.138. The fourth-order valence-corrected chi connectivity index (χ4v) is 2.98. The van der Waals surface area contributed by atoms with Crippen molar-refractivity contribution >= 4 is 5.91 Å². The van der Waals surface area contributed by atoms with Crippen molar-refractivity contribution in [3.05, 3.63) is 29.8 Å². The van der Waals surface area contributed by atoms with E-state index in [2.05, 4.69) is 10.2 Å². The number of hydrogen-bond donors (Lipinski definition) is 2. The Morgan fingerprint density at radius 2 is 2.14 bits per heavy atom. The number of morpholine rings is 1. The summed E-state index contributed by atoms with van der Waals surface area (Å²) >= 11 is 0. The molecule has 2 fully saturated rings. The van der Waals surface area contributed by atoms with Gasteiger partial charge in [0, 0.05) is 39.3 Å². The zero-order valence-corrected chi connectivity index (χ0v) is 12.7. The zero-order chi connectivity index (χ0) is 15.4. The first-order valence-corrected chi connectivity index (χ1v) is 7.82. The number of piperazine rings is 1. The second-order valence-electron chi connectivity index (χ2n) is 5.85. The number of amides is 1. The van der Waals surface area contributed by atoms with Gasteiger partial charge >= 0.3 is 0 Å². The predicted molar refractivity (Wildman–Crippen MR) is 82.6 cm³/mol. The molecule has 1 aromatic carbocycles. The molecule has 0 radical (unpaired) electrons. The van der Waals surface area contributed by atoms with Gasteiger partial charge in [0.2, 0.25) is 5.91 Å². The molecule has 2 aliphatic rings. The summed E-state index contributed by atoms with van der Waals surface area (Å²) in [5, 5.41) is 12.7. The maximum atomic E-state index is 12.4. The molecule has 1 amide bonds. The van der Waals surface area contributed by atoms with E-state index in [1.807, 2.05) is 17.0 Å². The van der Waals surface area contributed by atoms with Gasteiger partial charge in [0.25, 0.3) is 0 Å². The molecule has 2 N–H and O–H groups in total. The number of benzene rings is 1. The van der Waals surface area contributed by atoms with Crippen molar-refractivity contribution < 1.29 is 14.6 Å². The molecule has 0 bridgehead atoms. The molecule has 1 atom stereocenters. The summed E-state index contributed by atoms with van der Waals surface area (Å²) in [6.45, 7) is 5.91. The van der Waals surface area contributed by atoms with Gasteiger partial charge in [-0.1, -0.05) is 12.1 Å². The van der Waals surface area contributed by atoms with Crippen molar-refractivity contribution in [2.75, 3.05) is 45.9 Å². The molecule has 2 aliphatic heterocycles. The number of phenolic OH excluding ortho intramolecular Hbond substituents is 1. The molecule has 22 heavy (non-hydrogen) atoms. The van der Waals surface area contributed by atoms with E-state index in [0.29, 0.717) is 19.0 Å². The van der Waals surface area contributed by atoms with Crippen LogP contribution in [0.1, 0.15) is 5.56 Å². The highest BCUT2D eigenvalue weighted by atomic mass is 16.5. The zero-order valence-electron chi connectivity index (χ0n) is 12.7. The van der Waals surface area contributed by atoms with Crippen molar-refractivity contribution in [2.45, 2.75) is 12.6 Å². The van der Waals surface area contributed by atoms with Crippen molar-refractivity contribution in [1.82, 2.24) is 15.1 Å². The average molecular weight is 305 g/mol. The summed E-state index contributed by atoms with van der Waals surface area (Å²) in [5.74, 6) is 0.450. The highest BCUT2D eigenvalue weighted by Gasteiger charge is 2.28. The summed E-state index contributed by atoms with van der Waals surface area (Å²) in [4.78, 5) is 16.6. The molecule has 2 heterocycles. The molecule has 0 saturated carbocycles. The van der Waals surface area contributed by atoms with Gasteiger partial charge in [0.1, 0.15) is 11.8 Å². The lowest BCUT2D eigenvalue weighted by Crippen LogP contribution is -2.57. The third-order valence-electron chi connectivity index (χ3n) is 4.22. The van der Waals surface area contributed by atoms with Crippen molar-refractivity contribution in [3.63, 3.8) is 0 Å². The number of carbonyl (C=O) groups is 1. The summed E-state index contributed by atoms with van der Waals surface area (Å²) in [5.41, 5.74) is 1.10. The lowest BCUT2D eigenvalue weighted by Gasteiger charge is -2.37. The summed E-state index contributed by atoms with van der Waals surface area (Å²) in [6.07, 6.45) is 0. The SMILES string of the molecule is O=C(C1COCCN1)N1CCN(Cc2cccc(O)c2)CC1. The smallest absolute Gasteiger partial charge is 0.242 e. The Morgan fingerprint density at radius 3 is 2.82 bits per heavy atom. The molecule has 3 rings (SSSR count). The molecule has 120 valence electrons. The lowest BCUT2D eigenvalue weighted by atomic mass is 10.1. The van der Waals surface area contributed by atoms with Crippen LogP contribution in [0.4, 0.5) is 0 Å². The van der Waals surface area contributed by atoms with Crippen LogP contribution in [0.25, 0.3) is 0 Å². The van der Waals surface area contributed by atoms with Gasteiger partial charge in [-0.05, 0) is 17.7 Å². The highest BCUT2D eigenvalue weighted by Crippen LogP contribution is 2.14. The molecule has 2 saturated heterocycles. The van der Waals surface area contributed by atoms with Crippen molar-refractivity contribution in [2.24, 2.45) is 0 Å². The van der Waals surface area contributed by atoms with E-state index < -0.39 is 0 Å². The second-order valence-corrected chi connectivity index (χ2v) is 5.85. The maximum Gasteiger partial charge on any atom is 0.242 e. The Hall–Kier alpha value is -1.63. The maximum absolute atomic E-state index is 12.4. The van der Waals surface area contributed by atoms with E-state index >= 15 is 0 Å². The van der Waals surface area contributed by atoms with Crippen molar-refractivity contribution in [1.29, 1.82) is 0 Å². The van der Waals surface area contributed by atoms with Crippen molar-refractivity contribution in [3.8, 4) is 5.75 Å². The van der Waals surface area contributed by atoms with E-state index in [4.69, 9.17) is 4.74 Å². The molecule has 0 spiro atoms. The van der Waals surface area contributed by atoms with Crippen LogP contribution in [0, 0.1) is 0 Å². The van der Waals surface area contributed by atoms with Crippen LogP contribution in [0.5, 0.6) is 5.75 Å². The number of ether oxygens (including phenoxy) is 1. The first-order chi connectivity index (χ1) is 10.7. The number of hydrogen-bond acceptors (Lipinski definition) is 5. The molecular weight excluding hydrogens is 282 g/mol. The third-order valence-corrected chi connectivity index (χ3v) is 4.22. The van der Waals surface area contributed by atoms with Crippen LogP contribution in [0.15, 0.2) is 24.3 Å². The van der Waals surface area contributed by atoms with E-state index in [9.17, 15) is 9.90 Å². The molecule has 0 aliphatic carbocycles. The summed E-state index contributed by atoms with van der Waals surface area (Å²) in [6, 6.07) is 7.16. The Labute approximate surface area is 130 Å². The molecule has 1 aromatic rings. The number of carbonyl (C=O) groups excluding carboxylic acids is 1. The Bertz CT molecular complexity index is 509. The number of rotatable bonds is 3. The summed E-state index contributed by atoms with van der Waals surface area (Å²) in [7, 11) is 0. The normalized spacial score (nSPS) is 23.5. The van der Waals surface area contributed by atoms with Crippen LogP contribution in [-0.4, -0.2) is 72.8 Å². The monoisotopic (exact) mass is 305 g/mol. The van der Waals surface area contributed by atoms with E-state index in [0.717, 1.165) is 44.8 Å². The molecular formula is C16H23N3O3. The molecule has 1 unspecified atom stereocenters. The van der Waals surface area contributed by atoms with Gasteiger partial charge in [-0.2, -0.15) is 0 Å². The predicted octanol–water partition coefficient (Wildman–Crippen LogP) is 0.0248. The summed E-state index contributed by atoms with van der Waals surface area (Å²) < 4.78 is 5.36. The van der Waals surface area contributed by atoms with Gasteiger partial charge in [-0.3, -0.25) is 9.69 Å². The number of nitrogens with zero attached hydrogens (tertiary/aromatic N) is 2. The molecule has 6 heteroatoms. The average Bonchev–Trinajstić information content (AvgIpc) is 2.56. The van der Waals surface area contributed by atoms with Crippen LogP contribution in [-0.2, 0) is 16.1 Å². The van der Waals surface area contributed by atoms with Gasteiger partial charge in [-0.25, -0.2) is 0 Å². The minimum atomic E-state index is -0.189. The number of nitrogens with one attached hydrogen (secondary N) is 1. The number of phenols is 1. The fraction of sp³-hybridized carbons (Fsp3) is 0.562. The standard InChI is InChI=1S/C16H23N3O3/c20-14-3-1-2-13(10-14)11-18-5-7-19(8-6-18)16(21)15-12-22-9-4-17-15/h1-3,10,15,17,20H,4-9,11-12H2. The molecule has 0 aromatic heterocycles. The van der Waals surface area contributed by atoms with Crippen LogP contribution >= 0.6 is 0 Å². The minimum absolute atomic E-state index is 0.150. The highest BCUT2D eigenvalue weighted by molar-refractivity contribution is 5.82. The van der Waals surface area contributed by atoms with E-state index in [1.54, 1.807) is 12.1 Å². The van der Waals surface area contributed by atoms with Gasteiger partial charge in [0.05, 0.1) is 13.2 Å². The van der Waals surface area contributed by atoms with Gasteiger partial charge in [0.15, 0.2) is 0 Å². The van der Waals surface area contributed by atoms with Crippen LogP contribution in [0.3, 0.4) is 0 Å². The quantitative estimate of drug-likeness (QED) is 0.824. The minimum Gasteiger partial charge on any atom is -0.508 e. The number of aromatic hydroxyl groups is 1. The fourth-order valence-electron chi connectivity index (χ4n) is 2.98. The largest absolute Gasteiger partial charge is 0.508 e.